The molecule has 6 aromatic carbocycles. The van der Waals surface area contributed by atoms with E-state index in [9.17, 15) is 19.2 Å². The Kier molecular flexibility index (Phi) is 12.3. The molecule has 12 atom stereocenters. The summed E-state index contributed by atoms with van der Waals surface area (Å²) < 4.78 is 19.7. The lowest BCUT2D eigenvalue weighted by Crippen LogP contribution is -2.58. The van der Waals surface area contributed by atoms with Crippen molar-refractivity contribution in [1.82, 2.24) is 0 Å². The average Bonchev–Trinajstić information content (AvgIpc) is 3.71. The summed E-state index contributed by atoms with van der Waals surface area (Å²) >= 11 is 0. The van der Waals surface area contributed by atoms with Gasteiger partial charge in [-0.15, -0.1) is 0 Å². The number of benzene rings is 6. The summed E-state index contributed by atoms with van der Waals surface area (Å²) in [4.78, 5) is 57.0. The van der Waals surface area contributed by atoms with E-state index >= 15 is 0 Å². The highest BCUT2D eigenvalue weighted by atomic mass is 16.6. The van der Waals surface area contributed by atoms with Crippen molar-refractivity contribution in [3.8, 4) is 0 Å². The van der Waals surface area contributed by atoms with Gasteiger partial charge in [-0.25, -0.2) is 14.4 Å². The first-order valence-electron chi connectivity index (χ1n) is 25.3. The highest BCUT2D eigenvalue weighted by Crippen LogP contribution is 2.68. The van der Waals surface area contributed by atoms with Crippen LogP contribution in [0, 0.1) is 58.2 Å². The topological polar surface area (TPSA) is 96.0 Å². The molecular weight excluding hydrogens is 845 g/mol. The monoisotopic (exact) mass is 910 g/mol. The van der Waals surface area contributed by atoms with Gasteiger partial charge in [0.2, 0.25) is 0 Å². The third-order valence-electron chi connectivity index (χ3n) is 18.2. The summed E-state index contributed by atoms with van der Waals surface area (Å²) in [7, 11) is 0. The molecule has 0 heterocycles. The minimum absolute atomic E-state index is 0.113. The largest absolute Gasteiger partial charge is 0.459 e. The van der Waals surface area contributed by atoms with Crippen molar-refractivity contribution in [2.75, 3.05) is 0 Å². The van der Waals surface area contributed by atoms with Crippen LogP contribution in [-0.4, -0.2) is 42.0 Å². The summed E-state index contributed by atoms with van der Waals surface area (Å²) in [6.45, 7) is 13.4. The first-order valence-corrected chi connectivity index (χ1v) is 25.3. The van der Waals surface area contributed by atoms with Crippen LogP contribution < -0.4 is 0 Å². The molecule has 0 N–H and O–H groups in total. The predicted molar refractivity (Wildman–Crippen MR) is 268 cm³/mol. The Morgan fingerprint density at radius 1 is 0.544 bits per heavy atom. The Morgan fingerprint density at radius 3 is 1.54 bits per heavy atom. The van der Waals surface area contributed by atoms with Crippen LogP contribution >= 0.6 is 0 Å². The number of fused-ring (bicyclic) bond motifs is 8. The Hall–Kier alpha value is -5.82. The predicted octanol–water partition coefficient (Wildman–Crippen LogP) is 13.9. The van der Waals surface area contributed by atoms with E-state index in [1.54, 1.807) is 0 Å². The molecule has 0 radical (unpaired) electrons. The smallest absolute Gasteiger partial charge is 0.338 e. The number of esters is 3. The summed E-state index contributed by atoms with van der Waals surface area (Å²) in [6.07, 6.45) is 4.98. The normalized spacial score (nSPS) is 28.5. The number of hydrogen-bond donors (Lipinski definition) is 0. The third-order valence-corrected chi connectivity index (χ3v) is 18.2. The molecule has 7 nitrogen and oxygen atoms in total. The maximum absolute atomic E-state index is 14.6. The van der Waals surface area contributed by atoms with Crippen LogP contribution in [0.1, 0.15) is 124 Å². The molecular formula is C61H66O7. The van der Waals surface area contributed by atoms with E-state index in [4.69, 9.17) is 14.2 Å². The second-order valence-corrected chi connectivity index (χ2v) is 22.0. The number of rotatable bonds is 11. The molecule has 4 fully saturated rings. The first kappa shape index (κ1) is 45.9. The molecule has 352 valence electrons. The van der Waals surface area contributed by atoms with Gasteiger partial charge in [0.1, 0.15) is 24.1 Å². The zero-order valence-corrected chi connectivity index (χ0v) is 40.5. The zero-order valence-electron chi connectivity index (χ0n) is 40.5. The fourth-order valence-electron chi connectivity index (χ4n) is 14.1. The van der Waals surface area contributed by atoms with Gasteiger partial charge in [-0.1, -0.05) is 133 Å². The maximum atomic E-state index is 14.6. The van der Waals surface area contributed by atoms with Gasteiger partial charge >= 0.3 is 17.9 Å². The van der Waals surface area contributed by atoms with Crippen LogP contribution in [0.15, 0.2) is 127 Å². The fourth-order valence-corrected chi connectivity index (χ4v) is 14.1. The minimum Gasteiger partial charge on any atom is -0.459 e. The number of ether oxygens (including phenoxy) is 3. The van der Waals surface area contributed by atoms with Gasteiger partial charge in [-0.2, -0.15) is 0 Å². The molecule has 68 heavy (non-hydrogen) atoms. The Balaban J connectivity index is 0.907. The third kappa shape index (κ3) is 8.32. The summed E-state index contributed by atoms with van der Waals surface area (Å²) in [6, 6.07) is 41.0. The quantitative estimate of drug-likeness (QED) is 0.0943. The number of Topliss-reactive ketones (excluding diaryl/α,β-unsaturated/α-hetero) is 1. The molecule has 7 heteroatoms. The van der Waals surface area contributed by atoms with E-state index in [0.29, 0.717) is 47.2 Å². The van der Waals surface area contributed by atoms with Crippen molar-refractivity contribution >= 4 is 56.0 Å². The van der Waals surface area contributed by atoms with Gasteiger partial charge in [0.25, 0.3) is 0 Å². The molecule has 0 aliphatic heterocycles. The Bertz CT molecular complexity index is 2900. The molecule has 0 aromatic heterocycles. The number of hydrogen-bond acceptors (Lipinski definition) is 7. The second-order valence-electron chi connectivity index (χ2n) is 22.0. The lowest BCUT2D eigenvalue weighted by Gasteiger charge is -2.60. The Labute approximate surface area is 401 Å². The van der Waals surface area contributed by atoms with Gasteiger partial charge in [-0.3, -0.25) is 4.79 Å². The summed E-state index contributed by atoms with van der Waals surface area (Å²) in [5.41, 5.74) is 1.20. The number of carbonyl (C=O) groups is 4. The van der Waals surface area contributed by atoms with Crippen molar-refractivity contribution in [1.29, 1.82) is 0 Å². The molecule has 6 aromatic rings. The average molecular weight is 911 g/mol. The van der Waals surface area contributed by atoms with Crippen molar-refractivity contribution in [2.45, 2.75) is 111 Å². The molecule has 0 amide bonds. The summed E-state index contributed by atoms with van der Waals surface area (Å²) in [5, 5.41) is 6.08. The fraction of sp³-hybridized carbons (Fsp3) is 0.443. The highest BCUT2D eigenvalue weighted by Gasteiger charge is 2.63. The van der Waals surface area contributed by atoms with Crippen LogP contribution in [0.25, 0.3) is 32.3 Å². The molecule has 0 saturated heterocycles. The number of carbonyl (C=O) groups excluding carboxylic acids is 4. The molecule has 4 aliphatic rings. The first-order chi connectivity index (χ1) is 32.7. The lowest BCUT2D eigenvalue weighted by atomic mass is 9.44. The SMILES string of the molecule is CC(C)[C@@H](C)[C@@H](OC(=O)c1ccc2ccccc2c1)[C@H](OC(=O)c1ccc2ccccc2c1)[C@@H](C)[C@H]1CC[C@H]2[C@@H]3CC(=O)C4C[C@@H](OC(=O)c5ccc6ccccc6c5)CC[C@]4(C)[C@H]3CC[C@]12C. The molecule has 4 saturated carbocycles. The minimum atomic E-state index is -0.725. The van der Waals surface area contributed by atoms with E-state index in [2.05, 4.69) is 41.5 Å². The molecule has 1 unspecified atom stereocenters. The van der Waals surface area contributed by atoms with Crippen LogP contribution in [-0.2, 0) is 19.0 Å². The van der Waals surface area contributed by atoms with Crippen molar-refractivity contribution < 1.29 is 33.4 Å². The van der Waals surface area contributed by atoms with E-state index in [0.717, 1.165) is 70.8 Å². The van der Waals surface area contributed by atoms with Crippen LogP contribution in [0.3, 0.4) is 0 Å². The Morgan fingerprint density at radius 2 is 1.01 bits per heavy atom. The van der Waals surface area contributed by atoms with Gasteiger partial charge < -0.3 is 14.2 Å². The zero-order chi connectivity index (χ0) is 47.5. The van der Waals surface area contributed by atoms with E-state index < -0.39 is 24.1 Å². The van der Waals surface area contributed by atoms with Gasteiger partial charge in [0, 0.05) is 18.3 Å². The molecule has 4 aliphatic carbocycles. The van der Waals surface area contributed by atoms with Crippen molar-refractivity contribution in [3.63, 3.8) is 0 Å². The van der Waals surface area contributed by atoms with E-state index in [1.807, 2.05) is 127 Å². The van der Waals surface area contributed by atoms with Gasteiger partial charge in [0.15, 0.2) is 0 Å². The summed E-state index contributed by atoms with van der Waals surface area (Å²) in [5.74, 6) is -0.00966. The van der Waals surface area contributed by atoms with Crippen LogP contribution in [0.5, 0.6) is 0 Å². The van der Waals surface area contributed by atoms with Crippen LogP contribution in [0.2, 0.25) is 0 Å². The maximum Gasteiger partial charge on any atom is 0.338 e. The lowest BCUT2D eigenvalue weighted by molar-refractivity contribution is -0.162. The van der Waals surface area contributed by atoms with E-state index in [1.165, 1.54) is 0 Å². The molecule has 10 rings (SSSR count). The van der Waals surface area contributed by atoms with E-state index in [-0.39, 0.29) is 58.4 Å². The van der Waals surface area contributed by atoms with Gasteiger partial charge in [0.05, 0.1) is 16.7 Å². The second kappa shape index (κ2) is 18.3. The van der Waals surface area contributed by atoms with Crippen molar-refractivity contribution in [3.05, 3.63) is 144 Å². The van der Waals surface area contributed by atoms with Crippen molar-refractivity contribution in [2.24, 2.45) is 58.2 Å². The molecule has 0 bridgehead atoms. The van der Waals surface area contributed by atoms with Gasteiger partial charge in [-0.05, 0) is 160 Å². The highest BCUT2D eigenvalue weighted by molar-refractivity contribution is 5.97. The molecule has 0 spiro atoms. The number of ketones is 1. The van der Waals surface area contributed by atoms with Crippen LogP contribution in [0.4, 0.5) is 0 Å². The standard InChI is InChI=1S/C61H66O7/c1-36(2)37(3)55(67-58(64)46-23-20-40-14-8-11-17-43(40)32-46)56(68-59(65)47-24-21-41-15-9-12-18-44(41)33-47)38(4)50-25-26-51-49-35-54(62)53-34-48(27-29-61(53,6)52(49)28-30-60(50,51)5)66-57(63)45-22-19-39-13-7-10-16-42(39)31-45/h7-24,31-33,36-38,48-53,55-56H,25-30,34-35H2,1-6H3/t37-,38+,48+,49+,50-,51+,52+,53?,55-,56-,60-,61-/m1/s1.